The average molecular weight is 185 g/mol. The van der Waals surface area contributed by atoms with Gasteiger partial charge in [-0.15, -0.1) is 11.6 Å². The summed E-state index contributed by atoms with van der Waals surface area (Å²) in [4.78, 5) is 11.2. The van der Waals surface area contributed by atoms with Crippen molar-refractivity contribution < 1.29 is 4.79 Å². The van der Waals surface area contributed by atoms with E-state index >= 15 is 0 Å². The average Bonchev–Trinajstić information content (AvgIpc) is 2.08. The third-order valence-corrected chi connectivity index (χ3v) is 1.77. The number of carbonyl (C=O) groups excluding carboxylic acids is 1. The monoisotopic (exact) mass is 184 g/mol. The number of aryl methyl sites for hydroxylation is 2. The van der Waals surface area contributed by atoms with Gasteiger partial charge in [-0.05, 0) is 19.9 Å². The van der Waals surface area contributed by atoms with Crippen LogP contribution in [-0.2, 0) is 0 Å². The first kappa shape index (κ1) is 9.13. The van der Waals surface area contributed by atoms with E-state index in [9.17, 15) is 4.79 Å². The van der Waals surface area contributed by atoms with Crippen molar-refractivity contribution in [3.8, 4) is 0 Å². The van der Waals surface area contributed by atoms with Gasteiger partial charge in [0.05, 0.1) is 17.3 Å². The summed E-state index contributed by atoms with van der Waals surface area (Å²) in [6.07, 6.45) is 0. The van der Waals surface area contributed by atoms with Gasteiger partial charge in [0.15, 0.2) is 5.78 Å². The molecule has 0 saturated carbocycles. The number of alkyl halides is 1. The predicted molar refractivity (Wildman–Crippen MR) is 46.6 cm³/mol. The molecule has 1 rings (SSSR count). The number of hydrogen-bond acceptors (Lipinski definition) is 3. The van der Waals surface area contributed by atoms with Crippen molar-refractivity contribution in [2.45, 2.75) is 13.8 Å². The van der Waals surface area contributed by atoms with Gasteiger partial charge in [0.1, 0.15) is 0 Å². The van der Waals surface area contributed by atoms with E-state index in [1.54, 1.807) is 19.9 Å². The zero-order chi connectivity index (χ0) is 9.14. The van der Waals surface area contributed by atoms with Gasteiger partial charge in [-0.3, -0.25) is 4.79 Å². The highest BCUT2D eigenvalue weighted by molar-refractivity contribution is 6.30. The lowest BCUT2D eigenvalue weighted by Crippen LogP contribution is -2.06. The molecule has 0 aliphatic heterocycles. The van der Waals surface area contributed by atoms with Crippen LogP contribution in [-0.4, -0.2) is 21.9 Å². The number of rotatable bonds is 2. The Hall–Kier alpha value is -0.960. The quantitative estimate of drug-likeness (QED) is 0.517. The van der Waals surface area contributed by atoms with Crippen molar-refractivity contribution >= 4 is 17.4 Å². The molecule has 3 nitrogen and oxygen atoms in total. The Bertz CT molecular complexity index is 312. The minimum Gasteiger partial charge on any atom is -0.293 e. The molecular formula is C8H9ClN2O. The summed E-state index contributed by atoms with van der Waals surface area (Å²) >= 11 is 5.41. The van der Waals surface area contributed by atoms with Crippen LogP contribution in [0.2, 0.25) is 0 Å². The number of halogens is 1. The number of carbonyl (C=O) groups is 1. The first-order valence-corrected chi connectivity index (χ1v) is 4.08. The Morgan fingerprint density at radius 2 is 2.17 bits per heavy atom. The van der Waals surface area contributed by atoms with Crippen LogP contribution in [0.1, 0.15) is 21.7 Å². The van der Waals surface area contributed by atoms with E-state index < -0.39 is 0 Å². The molecule has 0 atom stereocenters. The summed E-state index contributed by atoms with van der Waals surface area (Å²) in [5.41, 5.74) is 1.93. The molecule has 4 heteroatoms. The van der Waals surface area contributed by atoms with E-state index in [2.05, 4.69) is 10.2 Å². The highest BCUT2D eigenvalue weighted by Crippen LogP contribution is 2.06. The fourth-order valence-corrected chi connectivity index (χ4v) is 1.05. The van der Waals surface area contributed by atoms with E-state index in [-0.39, 0.29) is 11.7 Å². The number of hydrogen-bond donors (Lipinski definition) is 0. The number of nitrogens with zero attached hydrogens (tertiary/aromatic N) is 2. The fourth-order valence-electron chi connectivity index (χ4n) is 0.904. The van der Waals surface area contributed by atoms with Gasteiger partial charge in [0.2, 0.25) is 0 Å². The van der Waals surface area contributed by atoms with Gasteiger partial charge in [-0.2, -0.15) is 10.2 Å². The van der Waals surface area contributed by atoms with Crippen molar-refractivity contribution in [1.82, 2.24) is 10.2 Å². The van der Waals surface area contributed by atoms with Gasteiger partial charge in [0.25, 0.3) is 0 Å². The van der Waals surface area contributed by atoms with E-state index in [0.29, 0.717) is 11.3 Å². The minimum absolute atomic E-state index is 0.00796. The smallest absolute Gasteiger partial charge is 0.179 e. The Balaban J connectivity index is 3.13. The summed E-state index contributed by atoms with van der Waals surface area (Å²) in [7, 11) is 0. The Kier molecular flexibility index (Phi) is 2.76. The third kappa shape index (κ3) is 1.80. The maximum absolute atomic E-state index is 11.2. The molecule has 1 aromatic heterocycles. The van der Waals surface area contributed by atoms with Gasteiger partial charge in [0, 0.05) is 5.56 Å². The minimum atomic E-state index is -0.104. The maximum atomic E-state index is 11.2. The molecule has 0 fully saturated rings. The molecule has 0 saturated heterocycles. The zero-order valence-corrected chi connectivity index (χ0v) is 7.72. The van der Waals surface area contributed by atoms with Crippen molar-refractivity contribution in [2.24, 2.45) is 0 Å². The molecule has 0 unspecified atom stereocenters. The Labute approximate surface area is 75.8 Å². The van der Waals surface area contributed by atoms with Gasteiger partial charge < -0.3 is 0 Å². The van der Waals surface area contributed by atoms with Crippen LogP contribution in [0, 0.1) is 13.8 Å². The van der Waals surface area contributed by atoms with Crippen LogP contribution in [0.3, 0.4) is 0 Å². The van der Waals surface area contributed by atoms with Crippen LogP contribution in [0.4, 0.5) is 0 Å². The molecule has 0 bridgehead atoms. The SMILES string of the molecule is Cc1cc(C(=O)CCl)c(C)nn1. The number of Topliss-reactive ketones (excluding diaryl/α,β-unsaturated/α-hetero) is 1. The van der Waals surface area contributed by atoms with E-state index in [1.165, 1.54) is 0 Å². The summed E-state index contributed by atoms with van der Waals surface area (Å²) in [5, 5.41) is 7.63. The second-order valence-electron chi connectivity index (χ2n) is 2.54. The standard InChI is InChI=1S/C8H9ClN2O/c1-5-3-7(8(12)4-9)6(2)11-10-5/h3H,4H2,1-2H3. The molecule has 0 spiro atoms. The predicted octanol–water partition coefficient (Wildman–Crippen LogP) is 1.51. The van der Waals surface area contributed by atoms with Gasteiger partial charge >= 0.3 is 0 Å². The molecule has 1 heterocycles. The van der Waals surface area contributed by atoms with Gasteiger partial charge in [-0.25, -0.2) is 0 Å². The number of ketones is 1. The van der Waals surface area contributed by atoms with Crippen LogP contribution in [0.25, 0.3) is 0 Å². The van der Waals surface area contributed by atoms with Crippen molar-refractivity contribution in [2.75, 3.05) is 5.88 Å². The summed E-state index contributed by atoms with van der Waals surface area (Å²) in [6, 6.07) is 1.70. The first-order chi connectivity index (χ1) is 5.65. The molecular weight excluding hydrogens is 176 g/mol. The lowest BCUT2D eigenvalue weighted by Gasteiger charge is -2.00. The zero-order valence-electron chi connectivity index (χ0n) is 6.97. The normalized spacial score (nSPS) is 9.92. The van der Waals surface area contributed by atoms with Crippen LogP contribution < -0.4 is 0 Å². The lowest BCUT2D eigenvalue weighted by molar-refractivity contribution is 0.101. The van der Waals surface area contributed by atoms with E-state index in [4.69, 9.17) is 11.6 Å². The Morgan fingerprint density at radius 1 is 1.50 bits per heavy atom. The molecule has 0 aliphatic rings. The first-order valence-electron chi connectivity index (χ1n) is 3.55. The van der Waals surface area contributed by atoms with Gasteiger partial charge in [-0.1, -0.05) is 0 Å². The van der Waals surface area contributed by atoms with Crippen molar-refractivity contribution in [1.29, 1.82) is 0 Å². The molecule has 0 aliphatic carbocycles. The molecule has 0 radical (unpaired) electrons. The van der Waals surface area contributed by atoms with Crippen molar-refractivity contribution in [3.05, 3.63) is 23.0 Å². The molecule has 0 N–H and O–H groups in total. The van der Waals surface area contributed by atoms with Crippen molar-refractivity contribution in [3.63, 3.8) is 0 Å². The summed E-state index contributed by atoms with van der Waals surface area (Å²) in [6.45, 7) is 3.53. The Morgan fingerprint density at radius 3 is 2.75 bits per heavy atom. The highest BCUT2D eigenvalue weighted by atomic mass is 35.5. The molecule has 0 amide bonds. The lowest BCUT2D eigenvalue weighted by atomic mass is 10.1. The number of aromatic nitrogens is 2. The third-order valence-electron chi connectivity index (χ3n) is 1.52. The molecule has 1 aromatic rings. The fraction of sp³-hybridized carbons (Fsp3) is 0.375. The second-order valence-corrected chi connectivity index (χ2v) is 2.81. The van der Waals surface area contributed by atoms with E-state index in [0.717, 1.165) is 5.69 Å². The maximum Gasteiger partial charge on any atom is 0.179 e. The second kappa shape index (κ2) is 3.63. The molecule has 64 valence electrons. The molecule has 12 heavy (non-hydrogen) atoms. The molecule has 0 aromatic carbocycles. The largest absolute Gasteiger partial charge is 0.293 e. The summed E-state index contributed by atoms with van der Waals surface area (Å²) < 4.78 is 0. The summed E-state index contributed by atoms with van der Waals surface area (Å²) in [5.74, 6) is -0.112. The van der Waals surface area contributed by atoms with Crippen LogP contribution in [0.15, 0.2) is 6.07 Å². The topological polar surface area (TPSA) is 42.9 Å². The highest BCUT2D eigenvalue weighted by Gasteiger charge is 2.08. The van der Waals surface area contributed by atoms with Crippen LogP contribution >= 0.6 is 11.6 Å². The van der Waals surface area contributed by atoms with E-state index in [1.807, 2.05) is 0 Å². The van der Waals surface area contributed by atoms with Crippen LogP contribution in [0.5, 0.6) is 0 Å².